The maximum Gasteiger partial charge on any atom is 0.419 e. The molecular formula is C11H6Cl3F3N4O. The Bertz CT molecular complexity index is 731. The van der Waals surface area contributed by atoms with Gasteiger partial charge in [-0.2, -0.15) is 18.3 Å². The molecule has 0 bridgehead atoms. The molecule has 0 aliphatic heterocycles. The van der Waals surface area contributed by atoms with Gasteiger partial charge in [0.05, 0.1) is 43.8 Å². The van der Waals surface area contributed by atoms with Crippen LogP contribution in [-0.4, -0.2) is 16.1 Å². The van der Waals surface area contributed by atoms with E-state index in [4.69, 9.17) is 40.5 Å². The van der Waals surface area contributed by atoms with Crippen molar-refractivity contribution >= 4 is 52.1 Å². The first-order valence-corrected chi connectivity index (χ1v) is 6.61. The third kappa shape index (κ3) is 2.94. The molecule has 118 valence electrons. The minimum atomic E-state index is -4.87. The van der Waals surface area contributed by atoms with Gasteiger partial charge in [0, 0.05) is 6.20 Å². The smallest absolute Gasteiger partial charge is 0.396 e. The Morgan fingerprint density at radius 2 is 1.86 bits per heavy atom. The van der Waals surface area contributed by atoms with Gasteiger partial charge in [-0.25, -0.2) is 0 Å². The Hall–Kier alpha value is -1.64. The molecule has 11 heteroatoms. The number of nitrogens with zero attached hydrogens (tertiary/aromatic N) is 1. The molecule has 0 aliphatic rings. The number of nitrogens with two attached hydrogens (primary N) is 1. The number of alkyl halides is 3. The molecule has 0 saturated carbocycles. The first-order valence-electron chi connectivity index (χ1n) is 5.47. The van der Waals surface area contributed by atoms with Crippen LogP contribution in [0, 0.1) is 0 Å². The molecule has 0 aliphatic carbocycles. The number of anilines is 2. The van der Waals surface area contributed by atoms with E-state index in [0.29, 0.717) is 0 Å². The van der Waals surface area contributed by atoms with E-state index in [1.54, 1.807) is 0 Å². The van der Waals surface area contributed by atoms with Gasteiger partial charge in [-0.3, -0.25) is 9.89 Å². The van der Waals surface area contributed by atoms with Crippen molar-refractivity contribution < 1.29 is 18.0 Å². The number of H-pyrrole nitrogens is 1. The second kappa shape index (κ2) is 5.86. The Morgan fingerprint density at radius 3 is 2.36 bits per heavy atom. The topological polar surface area (TPSA) is 83.8 Å². The van der Waals surface area contributed by atoms with Crippen LogP contribution in [0.4, 0.5) is 24.5 Å². The Morgan fingerprint density at radius 1 is 1.23 bits per heavy atom. The van der Waals surface area contributed by atoms with Gasteiger partial charge in [-0.1, -0.05) is 34.8 Å². The molecular weight excluding hydrogens is 368 g/mol. The number of aromatic nitrogens is 2. The lowest BCUT2D eigenvalue weighted by atomic mass is 10.1. The fraction of sp³-hybridized carbons (Fsp3) is 0.0909. The van der Waals surface area contributed by atoms with Gasteiger partial charge in [0.2, 0.25) is 0 Å². The van der Waals surface area contributed by atoms with Crippen LogP contribution in [0.25, 0.3) is 0 Å². The molecule has 1 aromatic heterocycles. The predicted octanol–water partition coefficient (Wildman–Crippen LogP) is 4.22. The van der Waals surface area contributed by atoms with E-state index >= 15 is 0 Å². The summed E-state index contributed by atoms with van der Waals surface area (Å²) < 4.78 is 39.1. The van der Waals surface area contributed by atoms with Crippen molar-refractivity contribution in [1.82, 2.24) is 10.2 Å². The lowest BCUT2D eigenvalue weighted by Crippen LogP contribution is -2.16. The summed E-state index contributed by atoms with van der Waals surface area (Å²) in [4.78, 5) is 11.9. The lowest BCUT2D eigenvalue weighted by molar-refractivity contribution is -0.137. The average Bonchev–Trinajstić information content (AvgIpc) is 2.93. The van der Waals surface area contributed by atoms with Crippen LogP contribution in [0.2, 0.25) is 15.1 Å². The molecule has 4 N–H and O–H groups in total. The molecule has 2 aromatic rings. The van der Waals surface area contributed by atoms with Crippen LogP contribution in [0.3, 0.4) is 0 Å². The number of hydrogen-bond acceptors (Lipinski definition) is 3. The number of halogens is 6. The fourth-order valence-corrected chi connectivity index (χ4v) is 2.62. The lowest BCUT2D eigenvalue weighted by Gasteiger charge is -2.18. The third-order valence-electron chi connectivity index (χ3n) is 2.63. The van der Waals surface area contributed by atoms with Gasteiger partial charge in [-0.15, -0.1) is 0 Å². The highest BCUT2D eigenvalue weighted by atomic mass is 35.5. The minimum absolute atomic E-state index is 0.0641. The number of nitrogens with one attached hydrogen (secondary N) is 2. The van der Waals surface area contributed by atoms with E-state index < -0.39 is 39.1 Å². The Kier molecular flexibility index (Phi) is 4.46. The van der Waals surface area contributed by atoms with Gasteiger partial charge in [-0.05, 0) is 0 Å². The number of nitrogen functional groups attached to an aromatic ring is 1. The van der Waals surface area contributed by atoms with Crippen molar-refractivity contribution in [2.24, 2.45) is 0 Å². The molecule has 1 amide bonds. The van der Waals surface area contributed by atoms with E-state index in [9.17, 15) is 18.0 Å². The van der Waals surface area contributed by atoms with Crippen LogP contribution in [0.5, 0.6) is 0 Å². The van der Waals surface area contributed by atoms with Gasteiger partial charge in [0.25, 0.3) is 5.91 Å². The normalized spacial score (nSPS) is 11.5. The number of carbonyl (C=O) groups excluding carboxylic acids is 1. The number of hydrogen-bond donors (Lipinski definition) is 3. The maximum atomic E-state index is 13.0. The number of rotatable bonds is 2. The molecule has 1 aromatic carbocycles. The SMILES string of the molecule is Nc1c(Cl)c(NC(=O)c2cn[nH]c2)c(Cl)c(C(F)(F)F)c1Cl. The second-order valence-electron chi connectivity index (χ2n) is 4.04. The van der Waals surface area contributed by atoms with E-state index in [1.807, 2.05) is 0 Å². The van der Waals surface area contributed by atoms with Crippen molar-refractivity contribution in [2.75, 3.05) is 11.1 Å². The Balaban J connectivity index is 2.57. The third-order valence-corrected chi connectivity index (χ3v) is 3.80. The summed E-state index contributed by atoms with van der Waals surface area (Å²) in [7, 11) is 0. The zero-order chi connectivity index (χ0) is 16.7. The van der Waals surface area contributed by atoms with Crippen molar-refractivity contribution in [3.63, 3.8) is 0 Å². The van der Waals surface area contributed by atoms with E-state index in [1.165, 1.54) is 12.4 Å². The first-order chi connectivity index (χ1) is 10.1. The molecule has 0 radical (unpaired) electrons. The molecule has 0 fully saturated rings. The summed E-state index contributed by atoms with van der Waals surface area (Å²) in [6.07, 6.45) is -2.47. The molecule has 1 heterocycles. The zero-order valence-electron chi connectivity index (χ0n) is 10.4. The Labute approximate surface area is 136 Å². The molecule has 0 unspecified atom stereocenters. The van der Waals surface area contributed by atoms with Gasteiger partial charge in [0.1, 0.15) is 0 Å². The molecule has 0 atom stereocenters. The van der Waals surface area contributed by atoms with Gasteiger partial charge >= 0.3 is 6.18 Å². The summed E-state index contributed by atoms with van der Waals surface area (Å²) in [5.74, 6) is -0.771. The monoisotopic (exact) mass is 372 g/mol. The van der Waals surface area contributed by atoms with Gasteiger partial charge in [0.15, 0.2) is 0 Å². The second-order valence-corrected chi connectivity index (χ2v) is 5.18. The molecule has 22 heavy (non-hydrogen) atoms. The number of aromatic amines is 1. The van der Waals surface area contributed by atoms with Crippen LogP contribution < -0.4 is 11.1 Å². The summed E-state index contributed by atoms with van der Waals surface area (Å²) >= 11 is 17.1. The van der Waals surface area contributed by atoms with Crippen LogP contribution in [-0.2, 0) is 6.18 Å². The average molecular weight is 374 g/mol. The van der Waals surface area contributed by atoms with Crippen LogP contribution in [0.15, 0.2) is 12.4 Å². The molecule has 2 rings (SSSR count). The summed E-state index contributed by atoms with van der Waals surface area (Å²) in [5, 5.41) is 6.01. The first kappa shape index (κ1) is 16.7. The van der Waals surface area contributed by atoms with Crippen LogP contribution in [0.1, 0.15) is 15.9 Å². The van der Waals surface area contributed by atoms with E-state index in [0.717, 1.165) is 0 Å². The maximum absolute atomic E-state index is 13.0. The largest absolute Gasteiger partial charge is 0.419 e. The molecule has 0 spiro atoms. The van der Waals surface area contributed by atoms with E-state index in [-0.39, 0.29) is 10.6 Å². The standard InChI is InChI=1S/C11H6Cl3F3N4O/c12-5-4(11(15,16)17)6(13)9(7(14)8(5)18)21-10(22)3-1-19-20-2-3/h1-2H,18H2,(H,19,20)(H,21,22). The van der Waals surface area contributed by atoms with Crippen molar-refractivity contribution in [1.29, 1.82) is 0 Å². The van der Waals surface area contributed by atoms with E-state index in [2.05, 4.69) is 15.5 Å². The summed E-state index contributed by atoms with van der Waals surface area (Å²) in [5.41, 5.74) is 3.12. The predicted molar refractivity (Wildman–Crippen MR) is 77.4 cm³/mol. The number of carbonyl (C=O) groups is 1. The summed E-state index contributed by atoms with van der Waals surface area (Å²) in [6.45, 7) is 0. The molecule has 0 saturated heterocycles. The van der Waals surface area contributed by atoms with Gasteiger partial charge < -0.3 is 11.1 Å². The van der Waals surface area contributed by atoms with Crippen molar-refractivity contribution in [3.05, 3.63) is 38.6 Å². The summed E-state index contributed by atoms with van der Waals surface area (Å²) in [6, 6.07) is 0. The quantitative estimate of drug-likeness (QED) is 0.689. The highest BCUT2D eigenvalue weighted by Crippen LogP contribution is 2.49. The zero-order valence-corrected chi connectivity index (χ0v) is 12.6. The highest BCUT2D eigenvalue weighted by molar-refractivity contribution is 6.46. The number of amides is 1. The highest BCUT2D eigenvalue weighted by Gasteiger charge is 2.39. The fourth-order valence-electron chi connectivity index (χ4n) is 1.60. The minimum Gasteiger partial charge on any atom is -0.396 e. The van der Waals surface area contributed by atoms with Crippen molar-refractivity contribution in [2.45, 2.75) is 6.18 Å². The molecule has 5 nitrogen and oxygen atoms in total. The number of benzene rings is 1. The van der Waals surface area contributed by atoms with Crippen molar-refractivity contribution in [3.8, 4) is 0 Å². The van der Waals surface area contributed by atoms with Crippen LogP contribution >= 0.6 is 34.8 Å².